The van der Waals surface area contributed by atoms with Crippen molar-refractivity contribution in [2.24, 2.45) is 5.92 Å². The summed E-state index contributed by atoms with van der Waals surface area (Å²) in [5, 5.41) is 0. The monoisotopic (exact) mass is 233 g/mol. The normalized spacial score (nSPS) is 16.6. The predicted octanol–water partition coefficient (Wildman–Crippen LogP) is 0.909. The first-order valence-corrected chi connectivity index (χ1v) is 6.84. The fraction of sp³-hybridized carbons (Fsp3) is 0.800. The molecule has 4 nitrogen and oxygen atoms in total. The maximum Gasteiger partial charge on any atom is 0.211 e. The molecule has 1 saturated carbocycles. The van der Waals surface area contributed by atoms with E-state index in [0.717, 1.165) is 18.4 Å². The van der Waals surface area contributed by atoms with Gasteiger partial charge in [0.15, 0.2) is 0 Å². The van der Waals surface area contributed by atoms with Crippen LogP contribution in [0.15, 0.2) is 12.2 Å². The van der Waals surface area contributed by atoms with Crippen LogP contribution in [0.3, 0.4) is 0 Å². The van der Waals surface area contributed by atoms with Crippen molar-refractivity contribution in [1.29, 1.82) is 0 Å². The molecule has 1 rings (SSSR count). The van der Waals surface area contributed by atoms with Crippen LogP contribution in [0.4, 0.5) is 0 Å². The average Bonchev–Trinajstić information content (AvgIpc) is 2.86. The zero-order chi connectivity index (χ0) is 11.3. The third-order valence-electron chi connectivity index (χ3n) is 2.07. The Balaban J connectivity index is 2.05. The molecule has 1 N–H and O–H groups in total. The first-order chi connectivity index (χ1) is 6.99. The van der Waals surface area contributed by atoms with E-state index in [2.05, 4.69) is 11.3 Å². The van der Waals surface area contributed by atoms with Crippen molar-refractivity contribution in [3.05, 3.63) is 12.2 Å². The van der Waals surface area contributed by atoms with Crippen molar-refractivity contribution in [1.82, 2.24) is 4.72 Å². The summed E-state index contributed by atoms with van der Waals surface area (Å²) in [4.78, 5) is 0. The van der Waals surface area contributed by atoms with E-state index < -0.39 is 10.0 Å². The quantitative estimate of drug-likeness (QED) is 0.501. The van der Waals surface area contributed by atoms with Gasteiger partial charge in [-0.3, -0.25) is 0 Å². The summed E-state index contributed by atoms with van der Waals surface area (Å²) in [6.07, 6.45) is 2.10. The van der Waals surface area contributed by atoms with Gasteiger partial charge < -0.3 is 4.74 Å². The molecule has 1 aliphatic rings. The molecule has 0 bridgehead atoms. The summed E-state index contributed by atoms with van der Waals surface area (Å²) in [7, 11) is -3.07. The molecule has 0 amide bonds. The van der Waals surface area contributed by atoms with Crippen LogP contribution in [0, 0.1) is 5.92 Å². The Bertz CT molecular complexity index is 307. The maximum absolute atomic E-state index is 11.4. The van der Waals surface area contributed by atoms with Gasteiger partial charge in [-0.1, -0.05) is 12.2 Å². The van der Waals surface area contributed by atoms with Crippen LogP contribution in [0.5, 0.6) is 0 Å². The molecule has 0 saturated heterocycles. The highest BCUT2D eigenvalue weighted by atomic mass is 32.2. The number of nitrogens with one attached hydrogen (secondary N) is 1. The molecule has 0 aromatic heterocycles. The van der Waals surface area contributed by atoms with E-state index in [0.29, 0.717) is 25.7 Å². The second-order valence-corrected chi connectivity index (χ2v) is 5.98. The predicted molar refractivity (Wildman–Crippen MR) is 60.1 cm³/mol. The molecule has 0 aromatic rings. The van der Waals surface area contributed by atoms with Crippen molar-refractivity contribution >= 4 is 10.0 Å². The van der Waals surface area contributed by atoms with Crippen LogP contribution in [0.25, 0.3) is 0 Å². The van der Waals surface area contributed by atoms with Gasteiger partial charge in [-0.05, 0) is 25.7 Å². The van der Waals surface area contributed by atoms with Gasteiger partial charge in [-0.2, -0.15) is 0 Å². The van der Waals surface area contributed by atoms with Crippen molar-refractivity contribution in [3.63, 3.8) is 0 Å². The lowest BCUT2D eigenvalue weighted by Gasteiger charge is -2.06. The standard InChI is InChI=1S/C10H19NO3S/c1-9(2)7-14-6-5-11-15(12,13)8-10-3-4-10/h10-11H,1,3-8H2,2H3. The number of ether oxygens (including phenoxy) is 1. The van der Waals surface area contributed by atoms with Gasteiger partial charge in [0, 0.05) is 6.54 Å². The molecule has 15 heavy (non-hydrogen) atoms. The topological polar surface area (TPSA) is 55.4 Å². The average molecular weight is 233 g/mol. The smallest absolute Gasteiger partial charge is 0.211 e. The van der Waals surface area contributed by atoms with Crippen molar-refractivity contribution in [3.8, 4) is 0 Å². The summed E-state index contributed by atoms with van der Waals surface area (Å²) in [5.74, 6) is 0.659. The zero-order valence-corrected chi connectivity index (χ0v) is 9.98. The SMILES string of the molecule is C=C(C)COCCNS(=O)(=O)CC1CC1. The van der Waals surface area contributed by atoms with E-state index in [1.807, 2.05) is 6.92 Å². The van der Waals surface area contributed by atoms with Crippen molar-refractivity contribution in [2.75, 3.05) is 25.5 Å². The zero-order valence-electron chi connectivity index (χ0n) is 9.16. The summed E-state index contributed by atoms with van der Waals surface area (Å²) < 4.78 is 30.5. The highest BCUT2D eigenvalue weighted by Crippen LogP contribution is 2.29. The van der Waals surface area contributed by atoms with Crippen LogP contribution >= 0.6 is 0 Å². The molecule has 5 heteroatoms. The van der Waals surface area contributed by atoms with E-state index in [1.54, 1.807) is 0 Å². The van der Waals surface area contributed by atoms with Crippen molar-refractivity contribution < 1.29 is 13.2 Å². The van der Waals surface area contributed by atoms with Gasteiger partial charge in [0.05, 0.1) is 19.0 Å². The molecule has 0 aromatic carbocycles. The van der Waals surface area contributed by atoms with Crippen LogP contribution in [-0.4, -0.2) is 33.9 Å². The second kappa shape index (κ2) is 5.63. The first-order valence-electron chi connectivity index (χ1n) is 5.19. The molecule has 0 unspecified atom stereocenters. The largest absolute Gasteiger partial charge is 0.376 e. The molecule has 0 atom stereocenters. The lowest BCUT2D eigenvalue weighted by Crippen LogP contribution is -2.30. The van der Waals surface area contributed by atoms with Crippen molar-refractivity contribution in [2.45, 2.75) is 19.8 Å². The summed E-state index contributed by atoms with van der Waals surface area (Å²) in [6, 6.07) is 0. The Morgan fingerprint density at radius 1 is 1.53 bits per heavy atom. The number of hydrogen-bond donors (Lipinski definition) is 1. The molecular formula is C10H19NO3S. The summed E-state index contributed by atoms with van der Waals surface area (Å²) >= 11 is 0. The number of rotatable bonds is 8. The molecule has 1 fully saturated rings. The summed E-state index contributed by atoms with van der Waals surface area (Å²) in [5.41, 5.74) is 0.941. The second-order valence-electron chi connectivity index (χ2n) is 4.13. The van der Waals surface area contributed by atoms with Gasteiger partial charge in [0.2, 0.25) is 10.0 Å². The fourth-order valence-electron chi connectivity index (χ4n) is 1.17. The van der Waals surface area contributed by atoms with Crippen LogP contribution in [0.2, 0.25) is 0 Å². The Hall–Kier alpha value is -0.390. The Labute approximate surface area is 91.8 Å². The molecule has 0 heterocycles. The molecule has 88 valence electrons. The highest BCUT2D eigenvalue weighted by molar-refractivity contribution is 7.89. The Morgan fingerprint density at radius 2 is 2.20 bits per heavy atom. The lowest BCUT2D eigenvalue weighted by atomic mass is 10.4. The minimum Gasteiger partial charge on any atom is -0.376 e. The van der Waals surface area contributed by atoms with Gasteiger partial charge in [-0.25, -0.2) is 13.1 Å². The third-order valence-corrected chi connectivity index (χ3v) is 3.62. The van der Waals surface area contributed by atoms with E-state index in [-0.39, 0.29) is 5.75 Å². The lowest BCUT2D eigenvalue weighted by molar-refractivity contribution is 0.162. The van der Waals surface area contributed by atoms with E-state index in [1.165, 1.54) is 0 Å². The third kappa shape index (κ3) is 6.65. The minimum absolute atomic E-state index is 0.271. The Kier molecular flexibility index (Phi) is 4.76. The van der Waals surface area contributed by atoms with E-state index in [9.17, 15) is 8.42 Å². The van der Waals surface area contributed by atoms with E-state index in [4.69, 9.17) is 4.74 Å². The van der Waals surface area contributed by atoms with E-state index >= 15 is 0 Å². The minimum atomic E-state index is -3.07. The van der Waals surface area contributed by atoms with Gasteiger partial charge in [0.1, 0.15) is 0 Å². The number of hydrogen-bond acceptors (Lipinski definition) is 3. The Morgan fingerprint density at radius 3 is 2.73 bits per heavy atom. The fourth-order valence-corrected chi connectivity index (χ4v) is 2.64. The molecular weight excluding hydrogens is 214 g/mol. The maximum atomic E-state index is 11.4. The van der Waals surface area contributed by atoms with Crippen LogP contribution < -0.4 is 4.72 Å². The van der Waals surface area contributed by atoms with Gasteiger partial charge >= 0.3 is 0 Å². The van der Waals surface area contributed by atoms with Gasteiger partial charge in [0.25, 0.3) is 0 Å². The summed E-state index contributed by atoms with van der Waals surface area (Å²) in [6.45, 7) is 6.80. The molecule has 0 spiro atoms. The molecule has 0 aliphatic heterocycles. The van der Waals surface area contributed by atoms with Crippen LogP contribution in [0.1, 0.15) is 19.8 Å². The highest BCUT2D eigenvalue weighted by Gasteiger charge is 2.27. The van der Waals surface area contributed by atoms with Crippen LogP contribution in [-0.2, 0) is 14.8 Å². The molecule has 1 aliphatic carbocycles. The molecule has 0 radical (unpaired) electrons. The number of sulfonamides is 1. The van der Waals surface area contributed by atoms with Gasteiger partial charge in [-0.15, -0.1) is 0 Å². The first kappa shape index (κ1) is 12.7.